The monoisotopic (exact) mass is 355 g/mol. The number of aryl methyl sites for hydroxylation is 2. The maximum Gasteiger partial charge on any atom is 0.166 e. The lowest BCUT2D eigenvalue weighted by Gasteiger charge is -2.14. The highest BCUT2D eigenvalue weighted by Crippen LogP contribution is 2.35. The molecule has 0 fully saturated rings. The molecular formula is C19H25N5S. The molecule has 0 bridgehead atoms. The highest BCUT2D eigenvalue weighted by atomic mass is 32.1. The van der Waals surface area contributed by atoms with Gasteiger partial charge in [-0.1, -0.05) is 6.07 Å². The molecule has 3 heterocycles. The van der Waals surface area contributed by atoms with E-state index in [2.05, 4.69) is 48.7 Å². The largest absolute Gasteiger partial charge is 0.370 e. The number of aromatic nitrogens is 3. The minimum absolute atomic E-state index is 0.955. The maximum absolute atomic E-state index is 5.01. The molecule has 1 aliphatic carbocycles. The van der Waals surface area contributed by atoms with Crippen molar-refractivity contribution in [2.75, 3.05) is 32.5 Å². The maximum atomic E-state index is 5.01. The molecule has 3 aromatic heterocycles. The average Bonchev–Trinajstić information content (AvgIpc) is 3.29. The minimum Gasteiger partial charge on any atom is -0.370 e. The molecule has 0 saturated heterocycles. The van der Waals surface area contributed by atoms with Gasteiger partial charge in [0.05, 0.1) is 11.3 Å². The Bertz CT molecular complexity index is 879. The summed E-state index contributed by atoms with van der Waals surface area (Å²) in [6, 6.07) is 4.25. The third-order valence-corrected chi connectivity index (χ3v) is 5.69. The highest BCUT2D eigenvalue weighted by molar-refractivity contribution is 7.13. The standard InChI is InChI=1S/C19H25N5S/c1-13-17(16-9-5-12-25-16)19-21-15-8-4-7-14(15)18(24(19)22-13)20-10-6-11-23(2)3/h5,9,12,20H,4,6-8,10-11H2,1-3H3. The van der Waals surface area contributed by atoms with Crippen LogP contribution < -0.4 is 5.32 Å². The highest BCUT2D eigenvalue weighted by Gasteiger charge is 2.24. The van der Waals surface area contributed by atoms with Gasteiger partial charge in [-0.25, -0.2) is 4.98 Å². The second-order valence-corrected chi connectivity index (χ2v) is 7.94. The van der Waals surface area contributed by atoms with Gasteiger partial charge in [0.15, 0.2) is 5.65 Å². The molecule has 5 nitrogen and oxygen atoms in total. The number of hydrogen-bond acceptors (Lipinski definition) is 5. The van der Waals surface area contributed by atoms with Crippen LogP contribution in [0, 0.1) is 6.92 Å². The molecule has 0 saturated carbocycles. The zero-order chi connectivity index (χ0) is 17.4. The molecule has 6 heteroatoms. The van der Waals surface area contributed by atoms with E-state index in [-0.39, 0.29) is 0 Å². The Morgan fingerprint density at radius 1 is 1.32 bits per heavy atom. The lowest BCUT2D eigenvalue weighted by molar-refractivity contribution is 0.405. The van der Waals surface area contributed by atoms with Gasteiger partial charge in [-0.15, -0.1) is 11.3 Å². The van der Waals surface area contributed by atoms with E-state index in [1.165, 1.54) is 28.1 Å². The third-order valence-electron chi connectivity index (χ3n) is 4.81. The number of nitrogens with one attached hydrogen (secondary N) is 1. The van der Waals surface area contributed by atoms with Crippen molar-refractivity contribution in [2.45, 2.75) is 32.6 Å². The Kier molecular flexibility index (Phi) is 4.48. The molecule has 3 aromatic rings. The van der Waals surface area contributed by atoms with Crippen LogP contribution in [0.2, 0.25) is 0 Å². The molecule has 0 radical (unpaired) electrons. The summed E-state index contributed by atoms with van der Waals surface area (Å²) in [5.41, 5.74) is 5.84. The number of rotatable bonds is 6. The van der Waals surface area contributed by atoms with Gasteiger partial charge in [-0.3, -0.25) is 0 Å². The third kappa shape index (κ3) is 3.04. The summed E-state index contributed by atoms with van der Waals surface area (Å²) >= 11 is 1.75. The SMILES string of the molecule is Cc1nn2c(NCCCN(C)C)c3c(nc2c1-c1cccs1)CCC3. The van der Waals surface area contributed by atoms with Gasteiger partial charge < -0.3 is 10.2 Å². The Balaban J connectivity index is 1.77. The predicted molar refractivity (Wildman–Crippen MR) is 105 cm³/mol. The topological polar surface area (TPSA) is 45.5 Å². The second kappa shape index (κ2) is 6.77. The lowest BCUT2D eigenvalue weighted by atomic mass is 10.2. The summed E-state index contributed by atoms with van der Waals surface area (Å²) in [6.07, 6.45) is 4.48. The fourth-order valence-corrected chi connectivity index (χ4v) is 4.45. The van der Waals surface area contributed by atoms with Gasteiger partial charge in [-0.2, -0.15) is 9.61 Å². The molecule has 1 N–H and O–H groups in total. The van der Waals surface area contributed by atoms with Gasteiger partial charge in [0.25, 0.3) is 0 Å². The number of fused-ring (bicyclic) bond motifs is 2. The van der Waals surface area contributed by atoms with Crippen molar-refractivity contribution in [1.29, 1.82) is 0 Å². The number of thiophene rings is 1. The van der Waals surface area contributed by atoms with Crippen LogP contribution in [0.4, 0.5) is 5.82 Å². The smallest absolute Gasteiger partial charge is 0.166 e. The van der Waals surface area contributed by atoms with E-state index in [0.717, 1.165) is 49.5 Å². The Labute approximate surface area is 152 Å². The Morgan fingerprint density at radius 3 is 2.96 bits per heavy atom. The summed E-state index contributed by atoms with van der Waals surface area (Å²) in [5, 5.41) is 10.6. The van der Waals surface area contributed by atoms with E-state index in [0.29, 0.717) is 0 Å². The first-order valence-electron chi connectivity index (χ1n) is 8.98. The first-order valence-corrected chi connectivity index (χ1v) is 9.86. The number of anilines is 1. The summed E-state index contributed by atoms with van der Waals surface area (Å²) in [6.45, 7) is 4.13. The predicted octanol–water partition coefficient (Wildman–Crippen LogP) is 3.62. The van der Waals surface area contributed by atoms with Crippen molar-refractivity contribution in [2.24, 2.45) is 0 Å². The molecule has 0 unspecified atom stereocenters. The van der Waals surface area contributed by atoms with E-state index >= 15 is 0 Å². The van der Waals surface area contributed by atoms with Gasteiger partial charge in [0.1, 0.15) is 5.82 Å². The van der Waals surface area contributed by atoms with Crippen molar-refractivity contribution in [3.63, 3.8) is 0 Å². The molecule has 4 rings (SSSR count). The zero-order valence-electron chi connectivity index (χ0n) is 15.2. The fourth-order valence-electron chi connectivity index (χ4n) is 3.63. The van der Waals surface area contributed by atoms with E-state index in [9.17, 15) is 0 Å². The molecule has 0 spiro atoms. The Hall–Kier alpha value is -1.92. The average molecular weight is 356 g/mol. The normalized spacial score (nSPS) is 13.8. The van der Waals surface area contributed by atoms with Crippen molar-refractivity contribution in [1.82, 2.24) is 19.5 Å². The van der Waals surface area contributed by atoms with E-state index < -0.39 is 0 Å². The fraction of sp³-hybridized carbons (Fsp3) is 0.474. The van der Waals surface area contributed by atoms with Crippen LogP contribution in [-0.4, -0.2) is 46.7 Å². The molecule has 0 aromatic carbocycles. The molecule has 1 aliphatic rings. The lowest BCUT2D eigenvalue weighted by Crippen LogP contribution is -2.18. The molecule has 0 atom stereocenters. The van der Waals surface area contributed by atoms with Crippen LogP contribution in [0.3, 0.4) is 0 Å². The molecule has 132 valence electrons. The van der Waals surface area contributed by atoms with Crippen molar-refractivity contribution in [3.05, 3.63) is 34.5 Å². The first-order chi connectivity index (χ1) is 12.1. The molecular weight excluding hydrogens is 330 g/mol. The van der Waals surface area contributed by atoms with Crippen molar-refractivity contribution in [3.8, 4) is 10.4 Å². The van der Waals surface area contributed by atoms with E-state index in [1.807, 2.05) is 4.52 Å². The molecule has 0 amide bonds. The molecule has 0 aliphatic heterocycles. The van der Waals surface area contributed by atoms with E-state index in [4.69, 9.17) is 10.1 Å². The van der Waals surface area contributed by atoms with Gasteiger partial charge in [0.2, 0.25) is 0 Å². The summed E-state index contributed by atoms with van der Waals surface area (Å²) < 4.78 is 2.05. The van der Waals surface area contributed by atoms with Crippen LogP contribution >= 0.6 is 11.3 Å². The van der Waals surface area contributed by atoms with E-state index in [1.54, 1.807) is 11.3 Å². The van der Waals surface area contributed by atoms with Crippen LogP contribution in [-0.2, 0) is 12.8 Å². The van der Waals surface area contributed by atoms with Crippen LogP contribution in [0.15, 0.2) is 17.5 Å². The summed E-state index contributed by atoms with van der Waals surface area (Å²) in [4.78, 5) is 8.48. The Morgan fingerprint density at radius 2 is 2.20 bits per heavy atom. The van der Waals surface area contributed by atoms with Crippen LogP contribution in [0.5, 0.6) is 0 Å². The second-order valence-electron chi connectivity index (χ2n) is 7.00. The summed E-state index contributed by atoms with van der Waals surface area (Å²) in [5.74, 6) is 1.15. The van der Waals surface area contributed by atoms with Crippen molar-refractivity contribution >= 4 is 22.8 Å². The summed E-state index contributed by atoms with van der Waals surface area (Å²) in [7, 11) is 4.24. The number of hydrogen-bond donors (Lipinski definition) is 1. The van der Waals surface area contributed by atoms with Gasteiger partial charge in [0, 0.05) is 22.7 Å². The van der Waals surface area contributed by atoms with Gasteiger partial charge >= 0.3 is 0 Å². The minimum atomic E-state index is 0.955. The number of nitrogens with zero attached hydrogens (tertiary/aromatic N) is 4. The van der Waals surface area contributed by atoms with Crippen molar-refractivity contribution < 1.29 is 0 Å². The first kappa shape index (κ1) is 16.5. The van der Waals surface area contributed by atoms with Gasteiger partial charge in [-0.05, 0) is 64.7 Å². The quantitative estimate of drug-likeness (QED) is 0.686. The zero-order valence-corrected chi connectivity index (χ0v) is 16.0. The van der Waals surface area contributed by atoms with Crippen LogP contribution in [0.25, 0.3) is 16.1 Å². The van der Waals surface area contributed by atoms with Crippen LogP contribution in [0.1, 0.15) is 29.8 Å². The molecule has 25 heavy (non-hydrogen) atoms.